The van der Waals surface area contributed by atoms with Gasteiger partial charge in [-0.05, 0) is 101 Å². The minimum atomic E-state index is -0.576. The Morgan fingerprint density at radius 1 is 1.14 bits per heavy atom. The molecule has 0 saturated carbocycles. The van der Waals surface area contributed by atoms with Crippen molar-refractivity contribution in [3.8, 4) is 11.5 Å². The lowest BCUT2D eigenvalue weighted by Gasteiger charge is -2.30. The third kappa shape index (κ3) is 6.12. The first-order valence-corrected chi connectivity index (χ1v) is 13.7. The van der Waals surface area contributed by atoms with Crippen LogP contribution in [0.2, 0.25) is 10.0 Å². The number of carbonyl (C=O) groups excluding carboxylic acids is 2. The van der Waals surface area contributed by atoms with E-state index in [2.05, 4.69) is 43.8 Å². The number of halogens is 4. The van der Waals surface area contributed by atoms with E-state index >= 15 is 0 Å². The van der Waals surface area contributed by atoms with Crippen molar-refractivity contribution in [2.75, 3.05) is 12.0 Å². The lowest BCUT2D eigenvalue weighted by molar-refractivity contribution is -0.122. The number of amides is 2. The number of benzene rings is 3. The average Bonchev–Trinajstić information content (AvgIpc) is 2.83. The van der Waals surface area contributed by atoms with Crippen LogP contribution >= 0.6 is 73.9 Å². The number of rotatable bonds is 6. The van der Waals surface area contributed by atoms with E-state index in [-0.39, 0.29) is 17.3 Å². The number of nitrogens with zero attached hydrogens (tertiary/aromatic N) is 1. The molecule has 3 aromatic carbocycles. The summed E-state index contributed by atoms with van der Waals surface area (Å²) in [5.41, 5.74) is 2.69. The number of methoxy groups -OCH3 is 1. The first-order chi connectivity index (χ1) is 17.6. The summed E-state index contributed by atoms with van der Waals surface area (Å²) in [5.74, 6) is -0.161. The van der Waals surface area contributed by atoms with E-state index < -0.39 is 11.8 Å². The summed E-state index contributed by atoms with van der Waals surface area (Å²) >= 11 is 23.1. The van der Waals surface area contributed by atoms with Gasteiger partial charge in [-0.15, -0.1) is 0 Å². The van der Waals surface area contributed by atoms with Crippen molar-refractivity contribution in [3.05, 3.63) is 88.9 Å². The summed E-state index contributed by atoms with van der Waals surface area (Å²) in [5, 5.41) is 3.66. The molecular weight excluding hydrogens is 714 g/mol. The van der Waals surface area contributed by atoms with E-state index in [1.165, 1.54) is 18.1 Å². The van der Waals surface area contributed by atoms with Crippen LogP contribution in [0.3, 0.4) is 0 Å². The van der Waals surface area contributed by atoms with Gasteiger partial charge in [-0.1, -0.05) is 45.2 Å². The summed E-state index contributed by atoms with van der Waals surface area (Å²) < 4.78 is 13.1. The van der Waals surface area contributed by atoms with Crippen LogP contribution in [0.25, 0.3) is 6.08 Å². The van der Waals surface area contributed by atoms with Gasteiger partial charge in [-0.25, -0.2) is 0 Å². The van der Waals surface area contributed by atoms with Crippen molar-refractivity contribution >= 4 is 103 Å². The molecule has 0 radical (unpaired) electrons. The zero-order chi connectivity index (χ0) is 26.9. The van der Waals surface area contributed by atoms with E-state index in [1.54, 1.807) is 42.5 Å². The van der Waals surface area contributed by atoms with Crippen LogP contribution in [0.4, 0.5) is 5.69 Å². The van der Waals surface area contributed by atoms with Gasteiger partial charge in [0, 0.05) is 20.1 Å². The Bertz CT molecular complexity index is 1480. The molecule has 0 spiro atoms. The van der Waals surface area contributed by atoms with E-state index in [1.807, 2.05) is 13.0 Å². The second-order valence-electron chi connectivity index (χ2n) is 7.95. The molecule has 0 aromatic heterocycles. The molecule has 1 saturated heterocycles. The zero-order valence-electron chi connectivity index (χ0n) is 19.4. The number of anilines is 1. The maximum Gasteiger partial charge on any atom is 0.270 e. The van der Waals surface area contributed by atoms with Gasteiger partial charge < -0.3 is 9.47 Å². The molecule has 0 bridgehead atoms. The Balaban J connectivity index is 1.65. The summed E-state index contributed by atoms with van der Waals surface area (Å²) in [7, 11) is 1.51. The lowest BCUT2D eigenvalue weighted by atomic mass is 10.1. The Kier molecular flexibility index (Phi) is 8.80. The Labute approximate surface area is 251 Å². The van der Waals surface area contributed by atoms with Gasteiger partial charge in [-0.3, -0.25) is 19.8 Å². The molecule has 0 unspecified atom stereocenters. The molecule has 0 aliphatic carbocycles. The first-order valence-electron chi connectivity index (χ1n) is 10.7. The molecule has 1 aliphatic heterocycles. The highest BCUT2D eigenvalue weighted by Crippen LogP contribution is 2.36. The fraction of sp³-hybridized carbons (Fsp3) is 0.115. The number of thiocarbonyl (C=S) groups is 1. The summed E-state index contributed by atoms with van der Waals surface area (Å²) in [6.45, 7) is 2.06. The van der Waals surface area contributed by atoms with E-state index in [4.69, 9.17) is 44.9 Å². The minimum absolute atomic E-state index is 0.0225. The molecule has 1 aliphatic rings. The van der Waals surface area contributed by atoms with E-state index in [0.717, 1.165) is 15.6 Å². The molecule has 6 nitrogen and oxygen atoms in total. The zero-order valence-corrected chi connectivity index (χ0v) is 25.5. The van der Waals surface area contributed by atoms with Crippen LogP contribution in [-0.2, 0) is 16.2 Å². The van der Waals surface area contributed by atoms with E-state index in [0.29, 0.717) is 36.4 Å². The smallest absolute Gasteiger partial charge is 0.270 e. The molecule has 1 heterocycles. The van der Waals surface area contributed by atoms with Crippen molar-refractivity contribution in [2.45, 2.75) is 13.5 Å². The van der Waals surface area contributed by atoms with Gasteiger partial charge in [0.2, 0.25) is 0 Å². The molecule has 11 heteroatoms. The van der Waals surface area contributed by atoms with Crippen molar-refractivity contribution in [1.29, 1.82) is 0 Å². The Hall–Kier alpha value is -2.18. The number of ether oxygens (including phenoxy) is 2. The maximum atomic E-state index is 13.4. The van der Waals surface area contributed by atoms with Crippen LogP contribution in [0.1, 0.15) is 16.7 Å². The van der Waals surface area contributed by atoms with Crippen LogP contribution < -0.4 is 19.7 Å². The summed E-state index contributed by atoms with van der Waals surface area (Å²) in [6.07, 6.45) is 1.51. The molecule has 37 heavy (non-hydrogen) atoms. The number of aryl methyl sites for hydroxylation is 1. The molecular formula is C26H18BrCl2IN2O4S. The maximum absolute atomic E-state index is 13.4. The van der Waals surface area contributed by atoms with Gasteiger partial charge in [0.25, 0.3) is 11.8 Å². The fourth-order valence-electron chi connectivity index (χ4n) is 3.66. The number of hydrogen-bond acceptors (Lipinski definition) is 5. The first kappa shape index (κ1) is 27.8. The van der Waals surface area contributed by atoms with Gasteiger partial charge >= 0.3 is 0 Å². The monoisotopic (exact) mass is 730 g/mol. The number of nitrogens with one attached hydrogen (secondary N) is 1. The van der Waals surface area contributed by atoms with Gasteiger partial charge in [-0.2, -0.15) is 0 Å². The highest BCUT2D eigenvalue weighted by molar-refractivity contribution is 14.1. The molecule has 4 rings (SSSR count). The van der Waals surface area contributed by atoms with Crippen molar-refractivity contribution in [1.82, 2.24) is 5.32 Å². The topological polar surface area (TPSA) is 67.9 Å². The van der Waals surface area contributed by atoms with Crippen LogP contribution in [-0.4, -0.2) is 24.0 Å². The standard InChI is InChI=1S/C26H18BrCl2IN2O4S/c1-13-7-16(27)4-6-21(13)32-25(34)18(24(33)31-26(32)37)8-14-9-20(30)23(22(10-14)35-2)36-12-15-3-5-17(28)11-19(15)29/h3-11H,12H2,1-2H3,(H,31,33,37)/b18-8+. The molecule has 3 aromatic rings. The van der Waals surface area contributed by atoms with Crippen molar-refractivity contribution in [2.24, 2.45) is 0 Å². The van der Waals surface area contributed by atoms with Crippen molar-refractivity contribution in [3.63, 3.8) is 0 Å². The molecule has 0 atom stereocenters. The number of hydrogen-bond donors (Lipinski definition) is 1. The lowest BCUT2D eigenvalue weighted by Crippen LogP contribution is -2.54. The number of carbonyl (C=O) groups is 2. The second kappa shape index (κ2) is 11.7. The quantitative estimate of drug-likeness (QED) is 0.127. The third-order valence-electron chi connectivity index (χ3n) is 5.45. The van der Waals surface area contributed by atoms with Crippen LogP contribution in [0.15, 0.2) is 58.6 Å². The predicted molar refractivity (Wildman–Crippen MR) is 162 cm³/mol. The van der Waals surface area contributed by atoms with Gasteiger partial charge in [0.1, 0.15) is 12.2 Å². The Morgan fingerprint density at radius 3 is 2.57 bits per heavy atom. The van der Waals surface area contributed by atoms with Crippen LogP contribution in [0, 0.1) is 10.5 Å². The third-order valence-corrected chi connectivity index (χ3v) is 7.62. The van der Waals surface area contributed by atoms with Gasteiger partial charge in [0.15, 0.2) is 16.6 Å². The largest absolute Gasteiger partial charge is 0.493 e. The van der Waals surface area contributed by atoms with Gasteiger partial charge in [0.05, 0.1) is 16.4 Å². The molecule has 1 fully saturated rings. The predicted octanol–water partition coefficient (Wildman–Crippen LogP) is 7.09. The van der Waals surface area contributed by atoms with Crippen LogP contribution in [0.5, 0.6) is 11.5 Å². The highest BCUT2D eigenvalue weighted by atomic mass is 127. The molecule has 1 N–H and O–H groups in total. The SMILES string of the molecule is COc1cc(/C=C2\C(=O)NC(=S)N(c3ccc(Br)cc3C)C2=O)cc(I)c1OCc1ccc(Cl)cc1Cl. The molecule has 2 amide bonds. The summed E-state index contributed by atoms with van der Waals surface area (Å²) in [4.78, 5) is 27.5. The Morgan fingerprint density at radius 2 is 1.89 bits per heavy atom. The second-order valence-corrected chi connectivity index (χ2v) is 11.3. The summed E-state index contributed by atoms with van der Waals surface area (Å²) in [6, 6.07) is 14.1. The fourth-order valence-corrected chi connectivity index (χ4v) is 5.66. The average molecular weight is 732 g/mol. The van der Waals surface area contributed by atoms with Crippen molar-refractivity contribution < 1.29 is 19.1 Å². The minimum Gasteiger partial charge on any atom is -0.493 e. The molecule has 190 valence electrons. The highest BCUT2D eigenvalue weighted by Gasteiger charge is 2.35. The van der Waals surface area contributed by atoms with E-state index in [9.17, 15) is 9.59 Å². The normalized spacial score (nSPS) is 14.7.